The van der Waals surface area contributed by atoms with Crippen molar-refractivity contribution >= 4 is 47.6 Å². The van der Waals surface area contributed by atoms with Crippen LogP contribution in [0.4, 0.5) is 0 Å². The molecule has 7 heteroatoms. The summed E-state index contributed by atoms with van der Waals surface area (Å²) in [7, 11) is 1.80. The molecule has 2 aliphatic rings. The quantitative estimate of drug-likeness (QED) is 0.370. The smallest absolute Gasteiger partial charge is 0.225 e. The summed E-state index contributed by atoms with van der Waals surface area (Å²) in [4.78, 5) is 19.0. The van der Waals surface area contributed by atoms with E-state index in [1.807, 2.05) is 11.8 Å². The molecule has 2 unspecified atom stereocenters. The predicted molar refractivity (Wildman–Crippen MR) is 114 cm³/mol. The minimum atomic E-state index is 0. The summed E-state index contributed by atoms with van der Waals surface area (Å²) < 4.78 is 0. The minimum absolute atomic E-state index is 0. The van der Waals surface area contributed by atoms with Crippen LogP contribution < -0.4 is 10.6 Å². The number of carbonyl (C=O) groups excluding carboxylic acids is 1. The van der Waals surface area contributed by atoms with Gasteiger partial charge in [-0.1, -0.05) is 26.2 Å². The largest absolute Gasteiger partial charge is 0.355 e. The second kappa shape index (κ2) is 11.4. The van der Waals surface area contributed by atoms with E-state index in [9.17, 15) is 4.79 Å². The Morgan fingerprint density at radius 1 is 1.29 bits per heavy atom. The number of nitrogens with zero attached hydrogens (tertiary/aromatic N) is 2. The third kappa shape index (κ3) is 6.61. The van der Waals surface area contributed by atoms with Crippen LogP contribution in [-0.4, -0.2) is 61.0 Å². The Morgan fingerprint density at radius 2 is 2.00 bits per heavy atom. The van der Waals surface area contributed by atoms with Crippen molar-refractivity contribution in [1.82, 2.24) is 15.5 Å². The molecule has 5 nitrogen and oxygen atoms in total. The number of aliphatic imine (C=N–C) groups is 1. The Hall–Kier alpha value is -0.180. The number of rotatable bonds is 5. The first-order valence-electron chi connectivity index (χ1n) is 8.92. The highest BCUT2D eigenvalue weighted by molar-refractivity contribution is 14.0. The van der Waals surface area contributed by atoms with E-state index in [0.717, 1.165) is 44.9 Å². The maximum atomic E-state index is 12.6. The molecule has 0 aromatic rings. The van der Waals surface area contributed by atoms with Crippen molar-refractivity contribution in [3.8, 4) is 0 Å². The van der Waals surface area contributed by atoms with Crippen molar-refractivity contribution in [1.29, 1.82) is 0 Å². The van der Waals surface area contributed by atoms with E-state index in [4.69, 9.17) is 0 Å². The Morgan fingerprint density at radius 3 is 2.62 bits per heavy atom. The molecule has 0 spiro atoms. The van der Waals surface area contributed by atoms with E-state index >= 15 is 0 Å². The molecule has 0 aromatic carbocycles. The monoisotopic (exact) mass is 468 g/mol. The van der Waals surface area contributed by atoms with Crippen LogP contribution in [-0.2, 0) is 4.79 Å². The molecule has 140 valence electrons. The van der Waals surface area contributed by atoms with E-state index in [2.05, 4.69) is 33.7 Å². The van der Waals surface area contributed by atoms with Gasteiger partial charge in [-0.2, -0.15) is 11.8 Å². The second-order valence-electron chi connectivity index (χ2n) is 6.75. The topological polar surface area (TPSA) is 56.7 Å². The third-order valence-electron chi connectivity index (χ3n) is 4.98. The van der Waals surface area contributed by atoms with E-state index in [0.29, 0.717) is 17.2 Å². The van der Waals surface area contributed by atoms with Crippen molar-refractivity contribution in [3.05, 3.63) is 0 Å². The molecule has 0 aromatic heterocycles. The SMILES string of the molecule is CN=C(NCC(C)SC)NC1CCN(C(=O)C2CCCCC2)C1.I. The van der Waals surface area contributed by atoms with Gasteiger partial charge in [-0.05, 0) is 25.5 Å². The van der Waals surface area contributed by atoms with E-state index < -0.39 is 0 Å². The summed E-state index contributed by atoms with van der Waals surface area (Å²) in [5.41, 5.74) is 0. The first-order valence-corrected chi connectivity index (χ1v) is 10.2. The fourth-order valence-electron chi connectivity index (χ4n) is 3.40. The number of likely N-dealkylation sites (tertiary alicyclic amines) is 1. The minimum Gasteiger partial charge on any atom is -0.355 e. The molecule has 0 bridgehead atoms. The van der Waals surface area contributed by atoms with Gasteiger partial charge in [-0.25, -0.2) is 0 Å². The van der Waals surface area contributed by atoms with Crippen molar-refractivity contribution < 1.29 is 4.79 Å². The molecule has 1 amide bonds. The highest BCUT2D eigenvalue weighted by atomic mass is 127. The standard InChI is InChI=1S/C17H32N4OS.HI/c1-13(23-3)11-19-17(18-2)20-15-9-10-21(12-15)16(22)14-7-5-4-6-8-14;/h13-15H,4-12H2,1-3H3,(H2,18,19,20);1H. The van der Waals surface area contributed by atoms with E-state index in [-0.39, 0.29) is 29.9 Å². The zero-order chi connectivity index (χ0) is 16.7. The molecule has 1 saturated heterocycles. The average molecular weight is 468 g/mol. The van der Waals surface area contributed by atoms with E-state index in [1.165, 1.54) is 19.3 Å². The molecule has 1 aliphatic carbocycles. The summed E-state index contributed by atoms with van der Waals surface area (Å²) in [5, 5.41) is 7.39. The summed E-state index contributed by atoms with van der Waals surface area (Å²) in [5.74, 6) is 1.51. The Labute approximate surface area is 168 Å². The van der Waals surface area contributed by atoms with Crippen molar-refractivity contribution in [2.75, 3.05) is 32.9 Å². The molecule has 2 N–H and O–H groups in total. The number of halogens is 1. The number of nitrogens with one attached hydrogen (secondary N) is 2. The Kier molecular flexibility index (Phi) is 10.4. The highest BCUT2D eigenvalue weighted by Gasteiger charge is 2.31. The van der Waals surface area contributed by atoms with Gasteiger partial charge >= 0.3 is 0 Å². The molecule has 1 saturated carbocycles. The fraction of sp³-hybridized carbons (Fsp3) is 0.882. The predicted octanol–water partition coefficient (Wildman–Crippen LogP) is 2.70. The zero-order valence-electron chi connectivity index (χ0n) is 15.2. The average Bonchev–Trinajstić information content (AvgIpc) is 3.06. The molecule has 2 fully saturated rings. The van der Waals surface area contributed by atoms with Gasteiger partial charge in [0.25, 0.3) is 0 Å². The number of amides is 1. The molecule has 2 rings (SSSR count). The van der Waals surface area contributed by atoms with Crippen LogP contribution in [0, 0.1) is 5.92 Å². The van der Waals surface area contributed by atoms with Crippen molar-refractivity contribution in [2.45, 2.75) is 56.7 Å². The van der Waals surface area contributed by atoms with Crippen LogP contribution in [0.15, 0.2) is 4.99 Å². The Balaban J connectivity index is 0.00000288. The number of hydrogen-bond donors (Lipinski definition) is 2. The van der Waals surface area contributed by atoms with Crippen molar-refractivity contribution in [3.63, 3.8) is 0 Å². The zero-order valence-corrected chi connectivity index (χ0v) is 18.4. The van der Waals surface area contributed by atoms with Gasteiger partial charge in [0.05, 0.1) is 0 Å². The van der Waals surface area contributed by atoms with Crippen LogP contribution in [0.1, 0.15) is 45.4 Å². The fourth-order valence-corrected chi connectivity index (χ4v) is 3.65. The molecular weight excluding hydrogens is 435 g/mol. The van der Waals surface area contributed by atoms with Crippen LogP contribution in [0.25, 0.3) is 0 Å². The van der Waals surface area contributed by atoms with Gasteiger partial charge < -0.3 is 15.5 Å². The maximum Gasteiger partial charge on any atom is 0.225 e. The van der Waals surface area contributed by atoms with Crippen LogP contribution in [0.2, 0.25) is 0 Å². The summed E-state index contributed by atoms with van der Waals surface area (Å²) in [6.45, 7) is 4.79. The van der Waals surface area contributed by atoms with Gasteiger partial charge in [-0.15, -0.1) is 24.0 Å². The van der Waals surface area contributed by atoms with Gasteiger partial charge in [-0.3, -0.25) is 9.79 Å². The molecule has 1 aliphatic heterocycles. The number of guanidine groups is 1. The second-order valence-corrected chi connectivity index (χ2v) is 8.02. The lowest BCUT2D eigenvalue weighted by Crippen LogP contribution is -2.46. The molecular formula is C17H33IN4OS. The highest BCUT2D eigenvalue weighted by Crippen LogP contribution is 2.26. The van der Waals surface area contributed by atoms with Gasteiger partial charge in [0.1, 0.15) is 0 Å². The lowest BCUT2D eigenvalue weighted by Gasteiger charge is -2.26. The Bertz CT molecular complexity index is 415. The van der Waals surface area contributed by atoms with Crippen LogP contribution in [0.5, 0.6) is 0 Å². The normalized spacial score (nSPS) is 23.5. The molecule has 24 heavy (non-hydrogen) atoms. The number of carbonyl (C=O) groups is 1. The lowest BCUT2D eigenvalue weighted by molar-refractivity contribution is -0.135. The first kappa shape index (κ1) is 21.9. The van der Waals surface area contributed by atoms with Gasteiger partial charge in [0.15, 0.2) is 5.96 Å². The van der Waals surface area contributed by atoms with Gasteiger partial charge in [0, 0.05) is 43.9 Å². The summed E-state index contributed by atoms with van der Waals surface area (Å²) >= 11 is 1.84. The third-order valence-corrected chi connectivity index (χ3v) is 5.95. The molecule has 0 radical (unpaired) electrons. The van der Waals surface area contributed by atoms with Gasteiger partial charge in [0.2, 0.25) is 5.91 Å². The van der Waals surface area contributed by atoms with E-state index in [1.54, 1.807) is 7.05 Å². The maximum absolute atomic E-state index is 12.6. The van der Waals surface area contributed by atoms with Crippen LogP contribution in [0.3, 0.4) is 0 Å². The first-order chi connectivity index (χ1) is 11.1. The summed E-state index contributed by atoms with van der Waals surface area (Å²) in [6.07, 6.45) is 9.04. The van der Waals surface area contributed by atoms with Crippen molar-refractivity contribution in [2.24, 2.45) is 10.9 Å². The number of hydrogen-bond acceptors (Lipinski definition) is 3. The molecule has 2 atom stereocenters. The molecule has 1 heterocycles. The lowest BCUT2D eigenvalue weighted by atomic mass is 9.88. The number of thioether (sulfide) groups is 1. The van der Waals surface area contributed by atoms with Crippen LogP contribution >= 0.6 is 35.7 Å². The summed E-state index contributed by atoms with van der Waals surface area (Å²) in [6, 6.07) is 0.318.